The maximum atomic E-state index is 13.0. The number of hydrogen-bond donors (Lipinski definition) is 1. The largest absolute Gasteiger partial charge is 0.276 e. The van der Waals surface area contributed by atoms with E-state index < -0.39 is 10.0 Å². The van der Waals surface area contributed by atoms with E-state index in [0.717, 1.165) is 11.3 Å². The Kier molecular flexibility index (Phi) is 5.05. The number of aromatic nitrogens is 4. The summed E-state index contributed by atoms with van der Waals surface area (Å²) in [6.45, 7) is 7.48. The van der Waals surface area contributed by atoms with Gasteiger partial charge in [-0.2, -0.15) is 10.2 Å². The zero-order valence-corrected chi connectivity index (χ0v) is 17.5. The number of nitrogens with zero attached hydrogens (tertiary/aromatic N) is 4. The maximum Gasteiger partial charge on any atom is 0.265 e. The number of aryl methyl sites for hydroxylation is 3. The third-order valence-electron chi connectivity index (χ3n) is 4.61. The van der Waals surface area contributed by atoms with Crippen molar-refractivity contribution in [1.29, 1.82) is 0 Å². The molecule has 0 radical (unpaired) electrons. The van der Waals surface area contributed by atoms with Gasteiger partial charge in [0.2, 0.25) is 0 Å². The molecule has 0 spiro atoms. The molecule has 0 bridgehead atoms. The lowest BCUT2D eigenvalue weighted by atomic mass is 10.2. The molecule has 0 aliphatic carbocycles. The van der Waals surface area contributed by atoms with E-state index in [1.807, 2.05) is 31.2 Å². The van der Waals surface area contributed by atoms with Crippen molar-refractivity contribution in [2.75, 3.05) is 4.72 Å². The summed E-state index contributed by atoms with van der Waals surface area (Å²) in [6, 6.07) is 7.51. The van der Waals surface area contributed by atoms with Gasteiger partial charge in [-0.25, -0.2) is 8.42 Å². The highest BCUT2D eigenvalue weighted by atomic mass is 35.5. The van der Waals surface area contributed by atoms with Crippen LogP contribution in [0.3, 0.4) is 0 Å². The molecule has 0 unspecified atom stereocenters. The fraction of sp³-hybridized carbons (Fsp3) is 0.333. The molecule has 0 aliphatic rings. The second-order valence-corrected chi connectivity index (χ2v) is 8.55. The van der Waals surface area contributed by atoms with E-state index in [0.29, 0.717) is 34.3 Å². The fourth-order valence-electron chi connectivity index (χ4n) is 3.12. The Hall–Kier alpha value is -2.32. The molecule has 2 aromatic heterocycles. The summed E-state index contributed by atoms with van der Waals surface area (Å²) in [5, 5.41) is 9.33. The summed E-state index contributed by atoms with van der Waals surface area (Å²) in [6.07, 6.45) is 0. The van der Waals surface area contributed by atoms with Gasteiger partial charge in [0, 0.05) is 12.1 Å². The highest BCUT2D eigenvalue weighted by Gasteiger charge is 2.26. The predicted molar refractivity (Wildman–Crippen MR) is 106 cm³/mol. The van der Waals surface area contributed by atoms with Gasteiger partial charge in [-0.05, 0) is 39.3 Å². The van der Waals surface area contributed by atoms with E-state index in [2.05, 4.69) is 14.9 Å². The third-order valence-corrected chi connectivity index (χ3v) is 6.58. The molecule has 0 saturated heterocycles. The van der Waals surface area contributed by atoms with E-state index in [4.69, 9.17) is 11.6 Å². The Balaban J connectivity index is 1.97. The standard InChI is InChI=1S/C18H22ClN5O2S/c1-11-17(22-27(25,26)18-12(2)20-23(5)14(18)4)13(3)24(21-11)10-15-8-6-7-9-16(15)19/h6-9,22H,10H2,1-5H3. The third kappa shape index (κ3) is 3.59. The normalized spacial score (nSPS) is 11.8. The summed E-state index contributed by atoms with van der Waals surface area (Å²) in [5.41, 5.74) is 3.75. The fourth-order valence-corrected chi connectivity index (χ4v) is 4.93. The van der Waals surface area contributed by atoms with Crippen LogP contribution >= 0.6 is 11.6 Å². The van der Waals surface area contributed by atoms with E-state index in [-0.39, 0.29) is 4.90 Å². The molecule has 2 heterocycles. The van der Waals surface area contributed by atoms with Crippen LogP contribution in [0.15, 0.2) is 29.2 Å². The Morgan fingerprint density at radius 2 is 1.70 bits per heavy atom. The number of anilines is 1. The van der Waals surface area contributed by atoms with Crippen LogP contribution in [-0.2, 0) is 23.6 Å². The quantitative estimate of drug-likeness (QED) is 0.703. The van der Waals surface area contributed by atoms with Crippen molar-refractivity contribution in [2.45, 2.75) is 39.1 Å². The van der Waals surface area contributed by atoms with Crippen LogP contribution in [0.5, 0.6) is 0 Å². The molecular weight excluding hydrogens is 386 g/mol. The van der Waals surface area contributed by atoms with Crippen LogP contribution in [0.1, 0.15) is 28.3 Å². The summed E-state index contributed by atoms with van der Waals surface area (Å²) in [5.74, 6) is 0. The molecule has 1 aromatic carbocycles. The molecule has 1 N–H and O–H groups in total. The molecule has 9 heteroatoms. The Labute approximate surface area is 164 Å². The number of nitrogens with one attached hydrogen (secondary N) is 1. The maximum absolute atomic E-state index is 13.0. The molecule has 0 atom stereocenters. The highest BCUT2D eigenvalue weighted by molar-refractivity contribution is 7.92. The van der Waals surface area contributed by atoms with Gasteiger partial charge in [0.1, 0.15) is 4.90 Å². The van der Waals surface area contributed by atoms with Gasteiger partial charge in [-0.1, -0.05) is 29.8 Å². The first-order valence-electron chi connectivity index (χ1n) is 8.42. The lowest BCUT2D eigenvalue weighted by molar-refractivity contribution is 0.599. The predicted octanol–water partition coefficient (Wildman–Crippen LogP) is 3.35. The second-order valence-electron chi connectivity index (χ2n) is 6.52. The van der Waals surface area contributed by atoms with Crippen molar-refractivity contribution < 1.29 is 8.42 Å². The minimum Gasteiger partial charge on any atom is -0.276 e. The van der Waals surface area contributed by atoms with Crippen LogP contribution in [0.2, 0.25) is 5.02 Å². The van der Waals surface area contributed by atoms with E-state index in [1.54, 1.807) is 37.2 Å². The van der Waals surface area contributed by atoms with Gasteiger partial charge >= 0.3 is 0 Å². The average molecular weight is 408 g/mol. The number of hydrogen-bond acceptors (Lipinski definition) is 4. The molecule has 0 aliphatic heterocycles. The molecule has 0 fully saturated rings. The van der Waals surface area contributed by atoms with E-state index in [9.17, 15) is 8.42 Å². The van der Waals surface area contributed by atoms with Crippen LogP contribution < -0.4 is 4.72 Å². The zero-order chi connectivity index (χ0) is 19.9. The minimum atomic E-state index is -3.78. The first-order valence-corrected chi connectivity index (χ1v) is 10.3. The molecule has 3 aromatic rings. The van der Waals surface area contributed by atoms with Crippen LogP contribution in [0.4, 0.5) is 5.69 Å². The summed E-state index contributed by atoms with van der Waals surface area (Å²) in [4.78, 5) is 0.197. The van der Waals surface area contributed by atoms with Crippen LogP contribution in [0.25, 0.3) is 0 Å². The van der Waals surface area contributed by atoms with E-state index in [1.165, 1.54) is 0 Å². The van der Waals surface area contributed by atoms with Crippen LogP contribution in [0, 0.1) is 27.7 Å². The Morgan fingerprint density at radius 1 is 1.04 bits per heavy atom. The molecule has 3 rings (SSSR count). The van der Waals surface area contributed by atoms with Crippen molar-refractivity contribution in [3.05, 3.63) is 57.6 Å². The summed E-state index contributed by atoms with van der Waals surface area (Å²) in [7, 11) is -2.06. The number of rotatable bonds is 5. The van der Waals surface area contributed by atoms with Gasteiger partial charge < -0.3 is 0 Å². The van der Waals surface area contributed by atoms with Gasteiger partial charge in [0.15, 0.2) is 0 Å². The smallest absolute Gasteiger partial charge is 0.265 e. The first-order chi connectivity index (χ1) is 12.6. The van der Waals surface area contributed by atoms with Crippen molar-refractivity contribution in [2.24, 2.45) is 7.05 Å². The second kappa shape index (κ2) is 7.01. The first kappa shape index (κ1) is 19.4. The number of halogens is 1. The van der Waals surface area contributed by atoms with Gasteiger partial charge in [-0.15, -0.1) is 0 Å². The molecule has 7 nitrogen and oxygen atoms in total. The van der Waals surface area contributed by atoms with Crippen molar-refractivity contribution in [3.63, 3.8) is 0 Å². The topological polar surface area (TPSA) is 81.8 Å². The molecule has 144 valence electrons. The highest BCUT2D eigenvalue weighted by Crippen LogP contribution is 2.27. The summed E-state index contributed by atoms with van der Waals surface area (Å²) < 4.78 is 31.9. The number of benzene rings is 1. The molecule has 27 heavy (non-hydrogen) atoms. The minimum absolute atomic E-state index is 0.197. The molecule has 0 saturated carbocycles. The van der Waals surface area contributed by atoms with Gasteiger partial charge in [-0.3, -0.25) is 14.1 Å². The van der Waals surface area contributed by atoms with Gasteiger partial charge in [0.05, 0.1) is 35.0 Å². The lowest BCUT2D eigenvalue weighted by Gasteiger charge is -2.10. The average Bonchev–Trinajstić information content (AvgIpc) is 2.99. The SMILES string of the molecule is Cc1nn(Cc2ccccc2Cl)c(C)c1NS(=O)(=O)c1c(C)nn(C)c1C. The molecular formula is C18H22ClN5O2S. The van der Waals surface area contributed by atoms with Gasteiger partial charge in [0.25, 0.3) is 10.0 Å². The monoisotopic (exact) mass is 407 g/mol. The van der Waals surface area contributed by atoms with Crippen molar-refractivity contribution in [3.8, 4) is 0 Å². The van der Waals surface area contributed by atoms with Crippen molar-refractivity contribution >= 4 is 27.3 Å². The van der Waals surface area contributed by atoms with E-state index >= 15 is 0 Å². The molecule has 0 amide bonds. The Bertz CT molecular complexity index is 1120. The summed E-state index contributed by atoms with van der Waals surface area (Å²) >= 11 is 6.23. The zero-order valence-electron chi connectivity index (χ0n) is 15.9. The van der Waals surface area contributed by atoms with Crippen molar-refractivity contribution in [1.82, 2.24) is 19.6 Å². The lowest BCUT2D eigenvalue weighted by Crippen LogP contribution is -2.16. The Morgan fingerprint density at radius 3 is 2.30 bits per heavy atom. The number of sulfonamides is 1. The van der Waals surface area contributed by atoms with Crippen LogP contribution in [-0.4, -0.2) is 28.0 Å².